The van der Waals surface area contributed by atoms with Crippen molar-refractivity contribution < 1.29 is 0 Å². The Balaban J connectivity index is 1.45. The molecular weight excluding hydrogens is 593 g/mol. The quantitative estimate of drug-likeness (QED) is 0.225. The number of piperidine rings is 1. The van der Waals surface area contributed by atoms with Crippen LogP contribution in [0.5, 0.6) is 0 Å². The molecule has 0 aliphatic carbocycles. The molecular formula is C32H32Cl3N5S. The third-order valence-electron chi connectivity index (χ3n) is 8.39. The lowest BCUT2D eigenvalue weighted by atomic mass is 9.96. The zero-order valence-corrected chi connectivity index (χ0v) is 26.3. The molecule has 2 saturated heterocycles. The Morgan fingerprint density at radius 1 is 0.902 bits per heavy atom. The van der Waals surface area contributed by atoms with E-state index in [2.05, 4.69) is 58.7 Å². The Bertz CT molecular complexity index is 1600. The lowest BCUT2D eigenvalue weighted by molar-refractivity contribution is 0.438. The molecule has 1 N–H and O–H groups in total. The maximum atomic E-state index is 6.97. The molecule has 212 valence electrons. The first-order valence-electron chi connectivity index (χ1n) is 13.9. The fourth-order valence-corrected chi connectivity index (χ4v) is 7.24. The predicted octanol–water partition coefficient (Wildman–Crippen LogP) is 8.86. The van der Waals surface area contributed by atoms with E-state index in [0.717, 1.165) is 63.7 Å². The van der Waals surface area contributed by atoms with Crippen LogP contribution in [0.2, 0.25) is 15.1 Å². The van der Waals surface area contributed by atoms with Crippen LogP contribution in [-0.4, -0.2) is 27.8 Å². The number of thiocarbonyl (C=S) groups is 1. The minimum absolute atomic E-state index is 0.172. The highest BCUT2D eigenvalue weighted by Gasteiger charge is 2.42. The van der Waals surface area contributed by atoms with Crippen LogP contribution in [-0.2, 0) is 0 Å². The molecule has 5 nitrogen and oxygen atoms in total. The molecule has 2 aromatic heterocycles. The maximum Gasteiger partial charge on any atom is 0.174 e. The number of nitrogens with one attached hydrogen (secondary N) is 1. The first-order chi connectivity index (χ1) is 19.7. The van der Waals surface area contributed by atoms with E-state index in [0.29, 0.717) is 15.2 Å². The second-order valence-corrected chi connectivity index (χ2v) is 12.6. The van der Waals surface area contributed by atoms with Crippen LogP contribution in [0, 0.1) is 19.8 Å². The second kappa shape index (κ2) is 11.5. The number of anilines is 2. The van der Waals surface area contributed by atoms with Gasteiger partial charge in [0.1, 0.15) is 0 Å². The molecule has 0 bridgehead atoms. The van der Waals surface area contributed by atoms with Crippen molar-refractivity contribution >= 4 is 63.5 Å². The van der Waals surface area contributed by atoms with Crippen LogP contribution in [0.4, 0.5) is 11.4 Å². The van der Waals surface area contributed by atoms with Crippen molar-refractivity contribution in [1.29, 1.82) is 0 Å². The summed E-state index contributed by atoms with van der Waals surface area (Å²) in [6.07, 6.45) is 4.18. The topological polar surface area (TPSA) is 36.3 Å². The summed E-state index contributed by atoms with van der Waals surface area (Å²) in [6, 6.07) is 19.9. The van der Waals surface area contributed by atoms with Gasteiger partial charge in [0.2, 0.25) is 0 Å². The van der Waals surface area contributed by atoms with Gasteiger partial charge in [0.15, 0.2) is 5.11 Å². The van der Waals surface area contributed by atoms with E-state index in [1.54, 1.807) is 6.07 Å². The Morgan fingerprint density at radius 2 is 1.68 bits per heavy atom. The normalized spacial score (nSPS) is 19.6. The van der Waals surface area contributed by atoms with Crippen molar-refractivity contribution in [2.75, 3.05) is 22.9 Å². The summed E-state index contributed by atoms with van der Waals surface area (Å²) in [4.78, 5) is 9.28. The van der Waals surface area contributed by atoms with Gasteiger partial charge in [-0.25, -0.2) is 0 Å². The number of hydrogen-bond acceptors (Lipinski definition) is 3. The van der Waals surface area contributed by atoms with Crippen LogP contribution < -0.4 is 15.1 Å². The highest BCUT2D eigenvalue weighted by molar-refractivity contribution is 7.80. The average Bonchev–Trinajstić information content (AvgIpc) is 3.46. The van der Waals surface area contributed by atoms with Gasteiger partial charge in [-0.05, 0) is 98.9 Å². The summed E-state index contributed by atoms with van der Waals surface area (Å²) >= 11 is 26.1. The Morgan fingerprint density at radius 3 is 2.39 bits per heavy atom. The zero-order valence-electron chi connectivity index (χ0n) is 23.2. The van der Waals surface area contributed by atoms with E-state index in [1.807, 2.05) is 42.6 Å². The smallest absolute Gasteiger partial charge is 0.174 e. The second-order valence-electron chi connectivity index (χ2n) is 11.0. The summed E-state index contributed by atoms with van der Waals surface area (Å²) < 4.78 is 2.16. The summed E-state index contributed by atoms with van der Waals surface area (Å²) in [5.74, 6) is 0.752. The van der Waals surface area contributed by atoms with Crippen molar-refractivity contribution in [1.82, 2.24) is 14.9 Å². The van der Waals surface area contributed by atoms with Crippen molar-refractivity contribution in [3.05, 3.63) is 105 Å². The monoisotopic (exact) mass is 623 g/mol. The highest BCUT2D eigenvalue weighted by atomic mass is 35.5. The standard InChI is InChI=1S/C32H32Cl3N5S/c1-19-12-15-38(16-13-19)27-11-10-22(18-25(27)34)40-31(30(37-32(40)41)26-8-4-5-14-36-26)23-17-20(2)39(21(23)3)28-9-6-7-24(33)29(28)35/h4-11,14,17-19,30-31H,12-13,15-16H2,1-3H3,(H,37,41)/t30-,31+/m1/s1. The molecule has 9 heteroatoms. The van der Waals surface area contributed by atoms with Gasteiger partial charge in [0, 0.05) is 36.4 Å². The minimum Gasteiger partial charge on any atom is -0.370 e. The van der Waals surface area contributed by atoms with Crippen molar-refractivity contribution in [3.8, 4) is 5.69 Å². The Labute approximate surface area is 262 Å². The molecule has 2 aromatic carbocycles. The molecule has 41 heavy (non-hydrogen) atoms. The summed E-state index contributed by atoms with van der Waals surface area (Å²) in [7, 11) is 0. The maximum absolute atomic E-state index is 6.97. The first-order valence-corrected chi connectivity index (χ1v) is 15.5. The molecule has 4 aromatic rings. The molecule has 2 atom stereocenters. The molecule has 0 unspecified atom stereocenters. The molecule has 2 aliphatic heterocycles. The molecule has 4 heterocycles. The number of aryl methyl sites for hydroxylation is 1. The van der Waals surface area contributed by atoms with Gasteiger partial charge >= 0.3 is 0 Å². The number of halogens is 3. The van der Waals surface area contributed by atoms with Gasteiger partial charge < -0.3 is 19.7 Å². The number of rotatable bonds is 5. The first kappa shape index (κ1) is 28.4. The third-order valence-corrected chi connectivity index (χ3v) is 9.82. The van der Waals surface area contributed by atoms with Gasteiger partial charge in [-0.2, -0.15) is 0 Å². The molecule has 0 saturated carbocycles. The number of aromatic nitrogens is 2. The lowest BCUT2D eigenvalue weighted by Gasteiger charge is -2.33. The molecule has 0 spiro atoms. The number of benzene rings is 2. The van der Waals surface area contributed by atoms with E-state index >= 15 is 0 Å². The van der Waals surface area contributed by atoms with Crippen LogP contribution >= 0.6 is 47.0 Å². The van der Waals surface area contributed by atoms with E-state index < -0.39 is 0 Å². The van der Waals surface area contributed by atoms with E-state index in [-0.39, 0.29) is 12.1 Å². The summed E-state index contributed by atoms with van der Waals surface area (Å²) in [5.41, 5.74) is 7.00. The Hall–Kier alpha value is -2.77. The van der Waals surface area contributed by atoms with E-state index in [4.69, 9.17) is 52.0 Å². The van der Waals surface area contributed by atoms with Gasteiger partial charge in [-0.15, -0.1) is 0 Å². The molecule has 2 fully saturated rings. The SMILES string of the molecule is Cc1cc([C@H]2[C@@H](c3ccccn3)NC(=S)N2c2ccc(N3CCC(C)CC3)c(Cl)c2)c(C)n1-c1cccc(Cl)c1Cl. The van der Waals surface area contributed by atoms with Crippen molar-refractivity contribution in [2.24, 2.45) is 5.92 Å². The van der Waals surface area contributed by atoms with Gasteiger partial charge in [-0.1, -0.05) is 53.9 Å². The fourth-order valence-electron chi connectivity index (χ4n) is 6.22. The van der Waals surface area contributed by atoms with E-state index in [9.17, 15) is 0 Å². The van der Waals surface area contributed by atoms with Gasteiger partial charge in [-0.3, -0.25) is 4.98 Å². The highest BCUT2D eigenvalue weighted by Crippen LogP contribution is 2.45. The van der Waals surface area contributed by atoms with Crippen molar-refractivity contribution in [3.63, 3.8) is 0 Å². The van der Waals surface area contributed by atoms with Gasteiger partial charge in [0.25, 0.3) is 0 Å². The molecule has 6 rings (SSSR count). The van der Waals surface area contributed by atoms with Crippen LogP contribution in [0.3, 0.4) is 0 Å². The van der Waals surface area contributed by atoms with Gasteiger partial charge in [0.05, 0.1) is 44.2 Å². The Kier molecular flexibility index (Phi) is 7.94. The van der Waals surface area contributed by atoms with E-state index in [1.165, 1.54) is 12.8 Å². The predicted molar refractivity (Wildman–Crippen MR) is 175 cm³/mol. The van der Waals surface area contributed by atoms with Crippen molar-refractivity contribution in [2.45, 2.75) is 45.7 Å². The number of pyridine rings is 1. The largest absolute Gasteiger partial charge is 0.370 e. The summed E-state index contributed by atoms with van der Waals surface area (Å²) in [6.45, 7) is 8.55. The van der Waals surface area contributed by atoms with Crippen LogP contribution in [0.25, 0.3) is 5.69 Å². The lowest BCUT2D eigenvalue weighted by Crippen LogP contribution is -2.33. The van der Waals surface area contributed by atoms with Crippen LogP contribution in [0.15, 0.2) is 66.9 Å². The average molecular weight is 625 g/mol. The third kappa shape index (κ3) is 5.20. The molecule has 0 radical (unpaired) electrons. The number of nitrogens with zero attached hydrogens (tertiary/aromatic N) is 4. The number of hydrogen-bond donors (Lipinski definition) is 1. The molecule has 0 amide bonds. The molecule has 2 aliphatic rings. The summed E-state index contributed by atoms with van der Waals surface area (Å²) in [5, 5.41) is 5.98. The van der Waals surface area contributed by atoms with Crippen LogP contribution in [0.1, 0.15) is 54.5 Å². The minimum atomic E-state index is -0.173. The zero-order chi connectivity index (χ0) is 28.8. The fraction of sp³-hybridized carbons (Fsp3) is 0.312.